The Hall–Kier alpha value is -1.38. The molecule has 94 valence electrons. The summed E-state index contributed by atoms with van der Waals surface area (Å²) in [6.45, 7) is 5.68. The van der Waals surface area contributed by atoms with E-state index in [0.29, 0.717) is 12.0 Å². The number of nitrogens with two attached hydrogens (primary N) is 1. The number of para-hydroxylation sites is 1. The Morgan fingerprint density at radius 2 is 2.12 bits per heavy atom. The van der Waals surface area contributed by atoms with Crippen molar-refractivity contribution in [3.05, 3.63) is 18.2 Å². The summed E-state index contributed by atoms with van der Waals surface area (Å²) in [6.07, 6.45) is 2.55. The highest BCUT2D eigenvalue weighted by Gasteiger charge is 2.26. The number of rotatable bonds is 2. The monoisotopic (exact) mass is 234 g/mol. The van der Waals surface area contributed by atoms with Gasteiger partial charge in [0, 0.05) is 12.6 Å². The van der Waals surface area contributed by atoms with E-state index in [1.54, 1.807) is 7.11 Å². The molecule has 1 aliphatic rings. The van der Waals surface area contributed by atoms with Gasteiger partial charge in [-0.25, -0.2) is 0 Å². The molecule has 17 heavy (non-hydrogen) atoms. The van der Waals surface area contributed by atoms with Gasteiger partial charge in [0.15, 0.2) is 0 Å². The Bertz CT molecular complexity index is 392. The van der Waals surface area contributed by atoms with Crippen LogP contribution in [0.1, 0.15) is 26.7 Å². The summed E-state index contributed by atoms with van der Waals surface area (Å²) in [4.78, 5) is 2.41. The van der Waals surface area contributed by atoms with E-state index in [-0.39, 0.29) is 0 Å². The Balaban J connectivity index is 2.33. The van der Waals surface area contributed by atoms with Gasteiger partial charge in [0.1, 0.15) is 5.75 Å². The third-order valence-electron chi connectivity index (χ3n) is 3.95. The number of benzene rings is 1. The molecule has 0 bridgehead atoms. The van der Waals surface area contributed by atoms with Crippen LogP contribution in [0.3, 0.4) is 0 Å². The number of hydrogen-bond donors (Lipinski definition) is 1. The van der Waals surface area contributed by atoms with Gasteiger partial charge in [0.2, 0.25) is 0 Å². The van der Waals surface area contributed by atoms with Crippen molar-refractivity contribution in [2.75, 3.05) is 24.3 Å². The average Bonchev–Trinajstić information content (AvgIpc) is 2.33. The Morgan fingerprint density at radius 1 is 1.35 bits per heavy atom. The first kappa shape index (κ1) is 12.1. The zero-order valence-corrected chi connectivity index (χ0v) is 10.9. The standard InChI is InChI=1S/C14H22N2O/c1-10-6-5-9-16(11(10)2)12-7-4-8-13(17-3)14(12)15/h4,7-8,10-11H,5-6,9,15H2,1-3H3. The van der Waals surface area contributed by atoms with Crippen LogP contribution in [0.25, 0.3) is 0 Å². The highest BCUT2D eigenvalue weighted by Crippen LogP contribution is 2.36. The van der Waals surface area contributed by atoms with Gasteiger partial charge in [-0.05, 0) is 37.8 Å². The van der Waals surface area contributed by atoms with Crippen molar-refractivity contribution in [1.29, 1.82) is 0 Å². The summed E-state index contributed by atoms with van der Waals surface area (Å²) < 4.78 is 5.29. The second-order valence-electron chi connectivity index (χ2n) is 4.95. The minimum atomic E-state index is 0.540. The molecule has 0 saturated carbocycles. The number of hydrogen-bond acceptors (Lipinski definition) is 3. The minimum Gasteiger partial charge on any atom is -0.495 e. The van der Waals surface area contributed by atoms with Crippen LogP contribution >= 0.6 is 0 Å². The van der Waals surface area contributed by atoms with E-state index in [2.05, 4.69) is 24.8 Å². The highest BCUT2D eigenvalue weighted by molar-refractivity contribution is 5.74. The van der Waals surface area contributed by atoms with E-state index >= 15 is 0 Å². The fraction of sp³-hybridized carbons (Fsp3) is 0.571. The molecule has 1 fully saturated rings. The largest absolute Gasteiger partial charge is 0.495 e. The maximum atomic E-state index is 6.17. The van der Waals surface area contributed by atoms with Gasteiger partial charge < -0.3 is 15.4 Å². The van der Waals surface area contributed by atoms with Crippen LogP contribution < -0.4 is 15.4 Å². The van der Waals surface area contributed by atoms with E-state index in [0.717, 1.165) is 23.7 Å². The van der Waals surface area contributed by atoms with E-state index in [1.807, 2.05) is 12.1 Å². The lowest BCUT2D eigenvalue weighted by Crippen LogP contribution is -2.42. The van der Waals surface area contributed by atoms with Gasteiger partial charge in [0.05, 0.1) is 18.5 Å². The molecule has 2 N–H and O–H groups in total. The molecule has 3 nitrogen and oxygen atoms in total. The molecule has 0 aliphatic carbocycles. The summed E-state index contributed by atoms with van der Waals surface area (Å²) in [5, 5.41) is 0. The normalized spacial score (nSPS) is 24.8. The summed E-state index contributed by atoms with van der Waals surface area (Å²) in [6, 6.07) is 6.55. The molecule has 2 unspecified atom stereocenters. The Labute approximate surface area is 104 Å². The lowest BCUT2D eigenvalue weighted by atomic mass is 9.91. The van der Waals surface area contributed by atoms with Crippen LogP contribution in [0.5, 0.6) is 5.75 Å². The number of anilines is 2. The molecule has 0 aromatic heterocycles. The van der Waals surface area contributed by atoms with Crippen LogP contribution in [0.15, 0.2) is 18.2 Å². The Kier molecular flexibility index (Phi) is 3.46. The van der Waals surface area contributed by atoms with E-state index in [1.165, 1.54) is 12.8 Å². The lowest BCUT2D eigenvalue weighted by molar-refractivity contribution is 0.363. The maximum Gasteiger partial charge on any atom is 0.143 e. The molecule has 1 saturated heterocycles. The fourth-order valence-corrected chi connectivity index (χ4v) is 2.64. The lowest BCUT2D eigenvalue weighted by Gasteiger charge is -2.40. The predicted octanol–water partition coefficient (Wildman–Crippen LogP) is 2.90. The number of nitrogen functional groups attached to an aromatic ring is 1. The van der Waals surface area contributed by atoms with Crippen molar-refractivity contribution in [2.24, 2.45) is 5.92 Å². The van der Waals surface area contributed by atoms with Crippen molar-refractivity contribution in [3.63, 3.8) is 0 Å². The molecule has 1 aromatic rings. The maximum absolute atomic E-state index is 6.17. The molecule has 2 rings (SSSR count). The molecule has 1 aromatic carbocycles. The SMILES string of the molecule is COc1cccc(N2CCCC(C)C2C)c1N. The third kappa shape index (κ3) is 2.19. The van der Waals surface area contributed by atoms with Gasteiger partial charge in [0.25, 0.3) is 0 Å². The molecular formula is C14H22N2O. The third-order valence-corrected chi connectivity index (χ3v) is 3.95. The highest BCUT2D eigenvalue weighted by atomic mass is 16.5. The number of methoxy groups -OCH3 is 1. The first-order valence-corrected chi connectivity index (χ1v) is 6.34. The number of nitrogens with zero attached hydrogens (tertiary/aromatic N) is 1. The van der Waals surface area contributed by atoms with E-state index < -0.39 is 0 Å². The second kappa shape index (κ2) is 4.86. The second-order valence-corrected chi connectivity index (χ2v) is 4.95. The van der Waals surface area contributed by atoms with Crippen molar-refractivity contribution in [1.82, 2.24) is 0 Å². The molecule has 0 amide bonds. The first-order valence-electron chi connectivity index (χ1n) is 6.34. The molecule has 1 heterocycles. The van der Waals surface area contributed by atoms with Gasteiger partial charge >= 0.3 is 0 Å². The van der Waals surface area contributed by atoms with E-state index in [9.17, 15) is 0 Å². The quantitative estimate of drug-likeness (QED) is 0.800. The average molecular weight is 234 g/mol. The number of piperidine rings is 1. The van der Waals surface area contributed by atoms with Crippen molar-refractivity contribution >= 4 is 11.4 Å². The predicted molar refractivity (Wildman–Crippen MR) is 72.6 cm³/mol. The van der Waals surface area contributed by atoms with Crippen molar-refractivity contribution in [2.45, 2.75) is 32.7 Å². The van der Waals surface area contributed by atoms with Gasteiger partial charge in [-0.15, -0.1) is 0 Å². The minimum absolute atomic E-state index is 0.540. The molecule has 0 radical (unpaired) electrons. The molecule has 3 heteroatoms. The molecular weight excluding hydrogens is 212 g/mol. The van der Waals surface area contributed by atoms with Crippen molar-refractivity contribution in [3.8, 4) is 5.75 Å². The zero-order chi connectivity index (χ0) is 12.4. The van der Waals surface area contributed by atoms with Crippen LogP contribution in [0, 0.1) is 5.92 Å². The summed E-state index contributed by atoms with van der Waals surface area (Å²) in [5.74, 6) is 1.49. The smallest absolute Gasteiger partial charge is 0.143 e. The van der Waals surface area contributed by atoms with Crippen LogP contribution in [0.2, 0.25) is 0 Å². The van der Waals surface area contributed by atoms with Gasteiger partial charge in [-0.1, -0.05) is 13.0 Å². The fourth-order valence-electron chi connectivity index (χ4n) is 2.64. The first-order chi connectivity index (χ1) is 8.15. The molecule has 0 spiro atoms. The number of ether oxygens (including phenoxy) is 1. The van der Waals surface area contributed by atoms with Crippen LogP contribution in [-0.2, 0) is 0 Å². The molecule has 2 atom stereocenters. The van der Waals surface area contributed by atoms with Crippen LogP contribution in [-0.4, -0.2) is 19.7 Å². The van der Waals surface area contributed by atoms with E-state index in [4.69, 9.17) is 10.5 Å². The summed E-state index contributed by atoms with van der Waals surface area (Å²) in [5.41, 5.74) is 8.04. The summed E-state index contributed by atoms with van der Waals surface area (Å²) >= 11 is 0. The Morgan fingerprint density at radius 3 is 2.82 bits per heavy atom. The van der Waals surface area contributed by atoms with Gasteiger partial charge in [-0.3, -0.25) is 0 Å². The van der Waals surface area contributed by atoms with Crippen LogP contribution in [0.4, 0.5) is 11.4 Å². The van der Waals surface area contributed by atoms with Gasteiger partial charge in [-0.2, -0.15) is 0 Å². The molecule has 1 aliphatic heterocycles. The zero-order valence-electron chi connectivity index (χ0n) is 10.9. The summed E-state index contributed by atoms with van der Waals surface area (Å²) in [7, 11) is 1.66. The topological polar surface area (TPSA) is 38.5 Å². The van der Waals surface area contributed by atoms with Crippen molar-refractivity contribution < 1.29 is 4.74 Å².